The van der Waals surface area contributed by atoms with Gasteiger partial charge in [0.1, 0.15) is 0 Å². The van der Waals surface area contributed by atoms with Crippen LogP contribution >= 0.6 is 0 Å². The lowest BCUT2D eigenvalue weighted by Gasteiger charge is -2.18. The molecule has 0 aromatic rings. The first kappa shape index (κ1) is 187. The van der Waals surface area contributed by atoms with Gasteiger partial charge < -0.3 is 0 Å². The van der Waals surface area contributed by atoms with Gasteiger partial charge in [0.25, 0.3) is 0 Å². The van der Waals surface area contributed by atoms with Gasteiger partial charge in [0.15, 0.2) is 0 Å². The summed E-state index contributed by atoms with van der Waals surface area (Å²) in [6.07, 6.45) is 67.6. The SMILES string of the molecule is CC.CC.CC(C)(C)C.CC(C)C.CC(C)C(C)C.CC(C)C1CC1.CC1(C)CC1.CC1C(C)C1C.CC1CC1.CC1CCC1.CC1C[C@H]1C.CCC.CCC(C)(C)C.CCC(C)(C)C.CCC(C)C.CCC(C)C.CCC(C)CC.CCC(C)CC.CCC1(C)CC1.CCC1(C)CC1.CCC1CC1.CCC1C[C@@H]1C.CCCC.CCCC(C)C.CCCC(C)C.CCCC1CC1.CCCCC.CCCCCC.C[C@H]1CC1(C)C. The molecular weight excluding hydrogens is 1790 g/mol. The van der Waals surface area contributed by atoms with Crippen LogP contribution in [0.25, 0.3) is 0 Å². The molecule has 0 radical (unpaired) electrons. The molecule has 149 heavy (non-hydrogen) atoms. The first-order valence-electron chi connectivity index (χ1n) is 68.6. The second-order valence-corrected chi connectivity index (χ2v) is 58.2. The zero-order valence-corrected chi connectivity index (χ0v) is 122. The summed E-state index contributed by atoms with van der Waals surface area (Å²) in [5.41, 5.74) is 4.62. The third-order valence-corrected chi connectivity index (χ3v) is 31.1. The standard InChI is InChI=1S/7C6H12.8C6H14.4C5H10.4C5H12.C4H8.2C4H10.C3H8.2C2H6/c1-5-4-6(5,2)3;1-5(2)6-3-4-6;1-4-5(2)6(4)3;2*1-3-6(2)4-5-6;1-3-6-4-5(6)2;1-2-3-6-4-5-6;2*1-5-6(2,3)4;1-5(2)6(3)4;2*1-4-5-6(2)3;2*1-4-6(3)5-2;1-3-5-6-4-2;1-5(2)3-4-5;1-4-3-5(4)2;1-5-3-2-4-5;1-2-5-3-4-5;1-5(2,3)4;2*1-4-5(2)3;1-3-5-4-2;1-4-2-3-4;1-4(2)3;1-3-4-2;1-3-2;2*1-2/h5H,4H2,1-3H3;5-6H,3-4H2,1-2H3;4-6H,1-3H3;2*3-5H2,1-2H3;5-6H,3-4H2,1-2H3;6H,2-5H2,1H3;2*5H2,1-4H3;5-6H,1-4H3;4*6H,4-5H2,1-3H3;3-6H2,1-2H3;3-4H2,1-2H3;4-5H,3H2,1-2H3;2*5H,2-4H2,1H3;1-4H3;2*5H,4H2,1-3H3;3-5H2,1-2H3;4H,2-3H2,1H3;4H,1-3H3;3-4H2,1-2H3;3H2,1-2H3;2*1-2H3/t5-;;;;;5-,6?;;;;;;;;;;;4-,5?;;;;;;;;;;;;/m0....0..........1............/s1. The monoisotopic (exact) mass is 2120 g/mol. The van der Waals surface area contributed by atoms with E-state index in [2.05, 4.69) is 464 Å². The molecule has 12 saturated carbocycles. The van der Waals surface area contributed by atoms with Crippen LogP contribution in [-0.2, 0) is 0 Å². The van der Waals surface area contributed by atoms with Gasteiger partial charge in [-0.3, -0.25) is 0 Å². The van der Waals surface area contributed by atoms with E-state index in [0.29, 0.717) is 21.7 Å². The second kappa shape index (κ2) is 127. The average molecular weight is 2120 g/mol. The van der Waals surface area contributed by atoms with Crippen molar-refractivity contribution in [2.75, 3.05) is 0 Å². The third kappa shape index (κ3) is 239. The Labute approximate surface area is 967 Å². The van der Waals surface area contributed by atoms with E-state index >= 15 is 0 Å². The molecule has 0 spiro atoms. The molecule has 0 aliphatic heterocycles. The lowest BCUT2D eigenvalue weighted by molar-refractivity contribution is 0.346. The van der Waals surface area contributed by atoms with Crippen molar-refractivity contribution >= 4 is 0 Å². The largest absolute Gasteiger partial charge is 0.0683 e. The molecule has 0 aromatic heterocycles. The highest BCUT2D eigenvalue weighted by Gasteiger charge is 2.41. The number of unbranched alkanes of at least 4 members (excludes halogenated alkanes) is 6. The van der Waals surface area contributed by atoms with Crippen LogP contribution in [0.5, 0.6) is 0 Å². The number of hydrogen-bond acceptors (Lipinski definition) is 0. The van der Waals surface area contributed by atoms with Gasteiger partial charge in [-0.15, -0.1) is 0 Å². The van der Waals surface area contributed by atoms with Crippen molar-refractivity contribution in [1.29, 1.82) is 0 Å². The topological polar surface area (TPSA) is 0 Å². The first-order chi connectivity index (χ1) is 68.6. The first-order valence-corrected chi connectivity index (χ1v) is 68.6. The Morgan fingerprint density at radius 3 is 0.537 bits per heavy atom. The molecule has 0 amide bonds. The summed E-state index contributed by atoms with van der Waals surface area (Å²) < 4.78 is 0. The smallest absolute Gasteiger partial charge is 0.0326 e. The van der Waals surface area contributed by atoms with Crippen LogP contribution in [0.15, 0.2) is 0 Å². The molecule has 0 heteroatoms. The fourth-order valence-electron chi connectivity index (χ4n) is 9.97. The fraction of sp³-hybridized carbons (Fsp3) is 1.00. The summed E-state index contributed by atoms with van der Waals surface area (Å²) in [6.45, 7) is 158. The number of rotatable bonds is 24. The van der Waals surface area contributed by atoms with Crippen molar-refractivity contribution in [3.63, 3.8) is 0 Å². The third-order valence-electron chi connectivity index (χ3n) is 31.1. The predicted octanol–water partition coefficient (Wildman–Crippen LogP) is 58.0. The number of hydrogen-bond donors (Lipinski definition) is 0. The zero-order valence-electron chi connectivity index (χ0n) is 122. The molecule has 928 valence electrons. The molecule has 5 atom stereocenters. The maximum Gasteiger partial charge on any atom is -0.0326 e. The summed E-state index contributed by atoms with van der Waals surface area (Å²) in [5, 5.41) is 0. The Morgan fingerprint density at radius 1 is 0.295 bits per heavy atom. The Balaban J connectivity index is -0.0000000809. The average Bonchev–Trinajstić information content (AvgIpc) is 1.64. The minimum absolute atomic E-state index is 0.500. The molecule has 0 saturated heterocycles. The Kier molecular flexibility index (Phi) is 159. The van der Waals surface area contributed by atoms with Crippen molar-refractivity contribution in [2.45, 2.75) is 800 Å². The Bertz CT molecular complexity index is 2040. The van der Waals surface area contributed by atoms with Crippen LogP contribution in [0.2, 0.25) is 0 Å². The van der Waals surface area contributed by atoms with Gasteiger partial charge >= 0.3 is 0 Å². The van der Waals surface area contributed by atoms with Crippen LogP contribution in [-0.4, -0.2) is 0 Å². The molecule has 0 aromatic carbocycles. The quantitative estimate of drug-likeness (QED) is 0.0845. The van der Waals surface area contributed by atoms with E-state index in [0.717, 1.165) is 152 Å². The molecule has 0 N–H and O–H groups in total. The zero-order chi connectivity index (χ0) is 122. The van der Waals surface area contributed by atoms with E-state index in [9.17, 15) is 0 Å². The van der Waals surface area contributed by atoms with Gasteiger partial charge in [-0.05, 0) is 245 Å². The maximum atomic E-state index is 2.35. The normalized spacial score (nSPS) is 19.9. The van der Waals surface area contributed by atoms with E-state index < -0.39 is 0 Å². The predicted molar refractivity (Wildman–Crippen MR) is 722 cm³/mol. The molecule has 0 heterocycles. The minimum Gasteiger partial charge on any atom is -0.0683 e. The maximum absolute atomic E-state index is 2.35. The van der Waals surface area contributed by atoms with Gasteiger partial charge in [0.2, 0.25) is 0 Å². The van der Waals surface area contributed by atoms with E-state index in [1.54, 1.807) is 0 Å². The van der Waals surface area contributed by atoms with E-state index in [-0.39, 0.29) is 0 Å². The van der Waals surface area contributed by atoms with Crippen molar-refractivity contribution in [3.05, 3.63) is 0 Å². The van der Waals surface area contributed by atoms with E-state index in [1.165, 1.54) is 308 Å². The molecule has 0 nitrogen and oxygen atoms in total. The van der Waals surface area contributed by atoms with Crippen molar-refractivity contribution in [2.24, 2.45) is 174 Å². The summed E-state index contributed by atoms with van der Waals surface area (Å²) in [7, 11) is 0. The molecular formula is C149H332. The summed E-state index contributed by atoms with van der Waals surface area (Å²) in [4.78, 5) is 0. The second-order valence-electron chi connectivity index (χ2n) is 58.2. The Hall–Kier alpha value is 0. The lowest BCUT2D eigenvalue weighted by Crippen LogP contribution is -2.04. The van der Waals surface area contributed by atoms with Crippen molar-refractivity contribution < 1.29 is 0 Å². The Morgan fingerprint density at radius 2 is 0.523 bits per heavy atom. The van der Waals surface area contributed by atoms with Gasteiger partial charge in [-0.1, -0.05) is 729 Å². The van der Waals surface area contributed by atoms with Gasteiger partial charge in [-0.2, -0.15) is 0 Å². The van der Waals surface area contributed by atoms with Crippen LogP contribution in [0.4, 0.5) is 0 Å². The minimum atomic E-state index is 0.500. The van der Waals surface area contributed by atoms with Crippen LogP contribution < -0.4 is 0 Å². The van der Waals surface area contributed by atoms with E-state index in [4.69, 9.17) is 0 Å². The van der Waals surface area contributed by atoms with Gasteiger partial charge in [-0.25, -0.2) is 0 Å². The summed E-state index contributed by atoms with van der Waals surface area (Å²) in [6, 6.07) is 0. The highest BCUT2D eigenvalue weighted by atomic mass is 14.5. The van der Waals surface area contributed by atoms with Crippen LogP contribution in [0, 0.1) is 174 Å². The molecule has 12 rings (SSSR count). The van der Waals surface area contributed by atoms with E-state index in [1.807, 2.05) is 27.7 Å². The molecule has 12 aliphatic carbocycles. The van der Waals surface area contributed by atoms with Crippen molar-refractivity contribution in [3.8, 4) is 0 Å². The van der Waals surface area contributed by atoms with Gasteiger partial charge in [0.05, 0.1) is 0 Å². The lowest BCUT2D eigenvalue weighted by atomic mass is 9.88. The fourth-order valence-corrected chi connectivity index (χ4v) is 9.97. The molecule has 2 unspecified atom stereocenters. The van der Waals surface area contributed by atoms with Crippen molar-refractivity contribution in [1.82, 2.24) is 0 Å². The molecule has 0 bridgehead atoms. The summed E-state index contributed by atoms with van der Waals surface area (Å²) >= 11 is 0. The molecule has 12 fully saturated rings. The molecule has 12 aliphatic rings. The van der Waals surface area contributed by atoms with Gasteiger partial charge in [0, 0.05) is 0 Å². The van der Waals surface area contributed by atoms with Crippen LogP contribution in [0.3, 0.4) is 0 Å². The summed E-state index contributed by atoms with van der Waals surface area (Å²) in [5.74, 6) is 22.8. The highest BCUT2D eigenvalue weighted by molar-refractivity contribution is 4.92. The van der Waals surface area contributed by atoms with Crippen LogP contribution in [0.1, 0.15) is 800 Å². The highest BCUT2D eigenvalue weighted by Crippen LogP contribution is 2.51.